The molecule has 2 aromatic rings. The third kappa shape index (κ3) is 5.79. The van der Waals surface area contributed by atoms with Crippen LogP contribution in [0.25, 0.3) is 0 Å². The second kappa shape index (κ2) is 9.07. The summed E-state index contributed by atoms with van der Waals surface area (Å²) in [5.41, 5.74) is 2.26. The summed E-state index contributed by atoms with van der Waals surface area (Å²) in [5, 5.41) is 0.722. The summed E-state index contributed by atoms with van der Waals surface area (Å²) in [5.74, 6) is 0.807. The predicted octanol–water partition coefficient (Wildman–Crippen LogP) is 5.94. The summed E-state index contributed by atoms with van der Waals surface area (Å²) in [6.45, 7) is 1.52. The van der Waals surface area contributed by atoms with Gasteiger partial charge in [0.1, 0.15) is 12.4 Å². The lowest BCUT2D eigenvalue weighted by atomic mass is 10.1. The van der Waals surface area contributed by atoms with Gasteiger partial charge in [-0.3, -0.25) is 0 Å². The van der Waals surface area contributed by atoms with Crippen molar-refractivity contribution in [3.63, 3.8) is 0 Å². The fourth-order valence-electron chi connectivity index (χ4n) is 2.26. The second-order valence-corrected chi connectivity index (χ2v) is 7.79. The van der Waals surface area contributed by atoms with Gasteiger partial charge in [-0.1, -0.05) is 29.8 Å². The largest absolute Gasteiger partial charge is 0.486 e. The first-order valence-corrected chi connectivity index (χ1v) is 9.42. The highest BCUT2D eigenvalue weighted by molar-refractivity contribution is 9.11. The van der Waals surface area contributed by atoms with Gasteiger partial charge in [0, 0.05) is 10.6 Å². The lowest BCUT2D eigenvalue weighted by Gasteiger charge is -2.14. The van der Waals surface area contributed by atoms with Gasteiger partial charge in [-0.05, 0) is 89.1 Å². The number of rotatable bonds is 7. The lowest BCUT2D eigenvalue weighted by molar-refractivity contribution is 0.302. The van der Waals surface area contributed by atoms with Crippen LogP contribution in [-0.4, -0.2) is 25.5 Å². The van der Waals surface area contributed by atoms with Gasteiger partial charge in [-0.2, -0.15) is 0 Å². The summed E-state index contributed by atoms with van der Waals surface area (Å²) >= 11 is 13.4. The topological polar surface area (TPSA) is 12.5 Å². The number of halogens is 3. The average molecular weight is 462 g/mol. The standard InChI is InChI=1S/C18H20Br2ClNO/c1-22(2)9-5-6-13-10-15(19)18(16(20)11-13)23-12-14-7-3-4-8-17(14)21/h3-4,7-8,10-11H,5-6,9,12H2,1-2H3. The van der Waals surface area contributed by atoms with E-state index in [1.807, 2.05) is 24.3 Å². The number of nitrogens with zero attached hydrogens (tertiary/aromatic N) is 1. The molecule has 0 atom stereocenters. The van der Waals surface area contributed by atoms with Crippen LogP contribution in [0, 0.1) is 0 Å². The van der Waals surface area contributed by atoms with Gasteiger partial charge in [-0.25, -0.2) is 0 Å². The van der Waals surface area contributed by atoms with Crippen LogP contribution in [0.4, 0.5) is 0 Å². The van der Waals surface area contributed by atoms with Crippen molar-refractivity contribution < 1.29 is 4.74 Å². The van der Waals surface area contributed by atoms with Gasteiger partial charge in [0.15, 0.2) is 0 Å². The zero-order chi connectivity index (χ0) is 16.8. The molecule has 2 nitrogen and oxygen atoms in total. The predicted molar refractivity (Wildman–Crippen MR) is 105 cm³/mol. The smallest absolute Gasteiger partial charge is 0.148 e. The molecule has 0 spiro atoms. The van der Waals surface area contributed by atoms with Crippen LogP contribution in [-0.2, 0) is 13.0 Å². The Morgan fingerprint density at radius 3 is 2.35 bits per heavy atom. The maximum atomic E-state index is 6.17. The molecular weight excluding hydrogens is 441 g/mol. The zero-order valence-electron chi connectivity index (χ0n) is 13.3. The SMILES string of the molecule is CN(C)CCCc1cc(Br)c(OCc2ccccc2Cl)c(Br)c1. The highest BCUT2D eigenvalue weighted by Crippen LogP contribution is 2.36. The molecule has 2 rings (SSSR count). The quantitative estimate of drug-likeness (QED) is 0.506. The van der Waals surface area contributed by atoms with Crippen molar-refractivity contribution in [1.29, 1.82) is 0 Å². The summed E-state index contributed by atoms with van der Waals surface area (Å²) in [6.07, 6.45) is 2.17. The molecule has 0 unspecified atom stereocenters. The highest BCUT2D eigenvalue weighted by Gasteiger charge is 2.10. The van der Waals surface area contributed by atoms with Crippen molar-refractivity contribution in [1.82, 2.24) is 4.90 Å². The van der Waals surface area contributed by atoms with E-state index >= 15 is 0 Å². The number of hydrogen-bond donors (Lipinski definition) is 0. The average Bonchev–Trinajstić information content (AvgIpc) is 2.48. The van der Waals surface area contributed by atoms with Crippen LogP contribution in [0.2, 0.25) is 5.02 Å². The number of aryl methyl sites for hydroxylation is 1. The van der Waals surface area contributed by atoms with E-state index in [4.69, 9.17) is 16.3 Å². The summed E-state index contributed by atoms with van der Waals surface area (Å²) in [6, 6.07) is 12.0. The van der Waals surface area contributed by atoms with Gasteiger partial charge >= 0.3 is 0 Å². The van der Waals surface area contributed by atoms with E-state index in [1.54, 1.807) is 0 Å². The molecule has 0 N–H and O–H groups in total. The minimum Gasteiger partial charge on any atom is -0.486 e. The Morgan fingerprint density at radius 2 is 1.74 bits per heavy atom. The minimum absolute atomic E-state index is 0.441. The molecule has 0 saturated heterocycles. The third-order valence-electron chi connectivity index (χ3n) is 3.46. The molecule has 0 heterocycles. The fourth-order valence-corrected chi connectivity index (χ4v) is 3.96. The number of ether oxygens (including phenoxy) is 1. The molecule has 0 aliphatic carbocycles. The Bertz CT molecular complexity index is 638. The number of benzene rings is 2. The molecule has 0 fully saturated rings. The van der Waals surface area contributed by atoms with E-state index < -0.39 is 0 Å². The number of hydrogen-bond acceptors (Lipinski definition) is 2. The second-order valence-electron chi connectivity index (χ2n) is 5.68. The van der Waals surface area contributed by atoms with Crippen molar-refractivity contribution in [2.45, 2.75) is 19.4 Å². The van der Waals surface area contributed by atoms with E-state index in [2.05, 4.69) is 63.0 Å². The first-order chi connectivity index (χ1) is 11.0. The van der Waals surface area contributed by atoms with Crippen molar-refractivity contribution in [2.24, 2.45) is 0 Å². The van der Waals surface area contributed by atoms with Crippen LogP contribution >= 0.6 is 43.5 Å². The summed E-state index contributed by atoms with van der Waals surface area (Å²) < 4.78 is 7.86. The molecule has 5 heteroatoms. The molecule has 0 saturated carbocycles. The van der Waals surface area contributed by atoms with Crippen molar-refractivity contribution in [3.05, 3.63) is 61.5 Å². The lowest BCUT2D eigenvalue weighted by Crippen LogP contribution is -2.13. The van der Waals surface area contributed by atoms with E-state index in [0.717, 1.165) is 44.7 Å². The maximum Gasteiger partial charge on any atom is 0.148 e. The highest BCUT2D eigenvalue weighted by atomic mass is 79.9. The first kappa shape index (κ1) is 18.8. The normalized spacial score (nSPS) is 11.0. The molecule has 0 aromatic heterocycles. The zero-order valence-corrected chi connectivity index (χ0v) is 17.2. The Balaban J connectivity index is 2.04. The van der Waals surface area contributed by atoms with E-state index in [1.165, 1.54) is 5.56 Å². The Hall–Kier alpha value is -0.550. The molecule has 0 aliphatic heterocycles. The van der Waals surface area contributed by atoms with E-state index in [9.17, 15) is 0 Å². The minimum atomic E-state index is 0.441. The summed E-state index contributed by atoms with van der Waals surface area (Å²) in [7, 11) is 4.19. The Kier molecular flexibility index (Phi) is 7.41. The van der Waals surface area contributed by atoms with Crippen LogP contribution in [0.3, 0.4) is 0 Å². The first-order valence-electron chi connectivity index (χ1n) is 7.46. The molecular formula is C18H20Br2ClNO. The van der Waals surface area contributed by atoms with Crippen molar-refractivity contribution >= 4 is 43.5 Å². The molecule has 23 heavy (non-hydrogen) atoms. The Labute approximate surface area is 160 Å². The van der Waals surface area contributed by atoms with Crippen LogP contribution < -0.4 is 4.74 Å². The van der Waals surface area contributed by atoms with Crippen LogP contribution in [0.15, 0.2) is 45.3 Å². The van der Waals surface area contributed by atoms with Gasteiger partial charge in [0.25, 0.3) is 0 Å². The monoisotopic (exact) mass is 459 g/mol. The molecule has 0 amide bonds. The van der Waals surface area contributed by atoms with Gasteiger partial charge in [0.2, 0.25) is 0 Å². The molecule has 0 aliphatic rings. The van der Waals surface area contributed by atoms with Crippen molar-refractivity contribution in [3.8, 4) is 5.75 Å². The van der Waals surface area contributed by atoms with Crippen molar-refractivity contribution in [2.75, 3.05) is 20.6 Å². The van der Waals surface area contributed by atoms with Gasteiger partial charge < -0.3 is 9.64 Å². The van der Waals surface area contributed by atoms with Gasteiger partial charge in [0.05, 0.1) is 8.95 Å². The summed E-state index contributed by atoms with van der Waals surface area (Å²) in [4.78, 5) is 2.20. The van der Waals surface area contributed by atoms with Crippen LogP contribution in [0.1, 0.15) is 17.5 Å². The maximum absolute atomic E-state index is 6.17. The molecule has 2 aromatic carbocycles. The van der Waals surface area contributed by atoms with E-state index in [-0.39, 0.29) is 0 Å². The fraction of sp³-hybridized carbons (Fsp3) is 0.333. The third-order valence-corrected chi connectivity index (χ3v) is 5.01. The Morgan fingerprint density at radius 1 is 1.09 bits per heavy atom. The van der Waals surface area contributed by atoms with E-state index in [0.29, 0.717) is 6.61 Å². The molecule has 0 bridgehead atoms. The van der Waals surface area contributed by atoms with Crippen LogP contribution in [0.5, 0.6) is 5.75 Å². The molecule has 124 valence electrons. The molecule has 0 radical (unpaired) electrons. The van der Waals surface area contributed by atoms with Gasteiger partial charge in [-0.15, -0.1) is 0 Å².